The lowest BCUT2D eigenvalue weighted by Gasteiger charge is -2.14. The summed E-state index contributed by atoms with van der Waals surface area (Å²) in [5.74, 6) is -0.239. The van der Waals surface area contributed by atoms with E-state index in [-0.39, 0.29) is 17.9 Å². The highest BCUT2D eigenvalue weighted by Gasteiger charge is 2.70. The van der Waals surface area contributed by atoms with Gasteiger partial charge in [0, 0.05) is 17.4 Å². The van der Waals surface area contributed by atoms with Gasteiger partial charge in [0.2, 0.25) is 0 Å². The Bertz CT molecular complexity index is 733. The van der Waals surface area contributed by atoms with Crippen molar-refractivity contribution in [2.45, 2.75) is 44.2 Å². The number of oxime groups is 1. The largest absolute Gasteiger partial charge is 0.392 e. The topological polar surface area (TPSA) is 71.0 Å². The normalized spacial score (nSPS) is 31.2. The van der Waals surface area contributed by atoms with Crippen molar-refractivity contribution in [1.29, 1.82) is 0 Å². The predicted molar refractivity (Wildman–Crippen MR) is 90.1 cm³/mol. The van der Waals surface area contributed by atoms with E-state index in [0.29, 0.717) is 17.1 Å². The van der Waals surface area contributed by atoms with E-state index in [4.69, 9.17) is 16.4 Å². The zero-order valence-corrected chi connectivity index (χ0v) is 14.0. The second kappa shape index (κ2) is 5.48. The van der Waals surface area contributed by atoms with Crippen LogP contribution in [0.4, 0.5) is 10.5 Å². The Labute approximate surface area is 144 Å². The molecule has 0 aromatic heterocycles. The average molecular weight is 348 g/mol. The van der Waals surface area contributed by atoms with Crippen molar-refractivity contribution in [3.63, 3.8) is 0 Å². The summed E-state index contributed by atoms with van der Waals surface area (Å²) >= 11 is 5.87. The van der Waals surface area contributed by atoms with Gasteiger partial charge in [0.1, 0.15) is 11.6 Å². The summed E-state index contributed by atoms with van der Waals surface area (Å²) in [5.41, 5.74) is 0.731. The summed E-state index contributed by atoms with van der Waals surface area (Å²) in [6.07, 6.45) is 3.14. The van der Waals surface area contributed by atoms with E-state index in [1.54, 1.807) is 24.3 Å². The van der Waals surface area contributed by atoms with Gasteiger partial charge in [-0.05, 0) is 37.1 Å². The summed E-state index contributed by atoms with van der Waals surface area (Å²) in [6, 6.07) is 6.28. The first kappa shape index (κ1) is 15.4. The van der Waals surface area contributed by atoms with Crippen molar-refractivity contribution in [3.8, 4) is 0 Å². The maximum Gasteiger partial charge on any atom is 0.329 e. The predicted octanol–water partition coefficient (Wildman–Crippen LogP) is 3.10. The first-order valence-electron chi connectivity index (χ1n) is 8.19. The molecule has 1 saturated heterocycles. The molecule has 3 aliphatic rings. The molecule has 0 unspecified atom stereocenters. The van der Waals surface area contributed by atoms with Gasteiger partial charge in [0.05, 0.1) is 11.4 Å². The number of benzene rings is 1. The standard InChI is InChI=1S/C17H18ClN3O3/c1-2-3-11-8-14(24-20-11)13-9-17(13)15(22)21(16(23)19-17)12-6-4-10(18)5-7-12/h4-7,13-14H,2-3,8-9H2,1H3,(H,19,23)/t13-,14+,17+/m0/s1. The minimum Gasteiger partial charge on any atom is -0.392 e. The van der Waals surface area contributed by atoms with Gasteiger partial charge in [0.25, 0.3) is 5.91 Å². The minimum absolute atomic E-state index is 0.0237. The van der Waals surface area contributed by atoms with Crippen molar-refractivity contribution in [3.05, 3.63) is 29.3 Å². The Morgan fingerprint density at radius 3 is 2.83 bits per heavy atom. The van der Waals surface area contributed by atoms with Gasteiger partial charge in [-0.1, -0.05) is 30.1 Å². The molecule has 1 saturated carbocycles. The summed E-state index contributed by atoms with van der Waals surface area (Å²) in [6.45, 7) is 2.10. The summed E-state index contributed by atoms with van der Waals surface area (Å²) in [7, 11) is 0. The molecule has 3 amide bonds. The molecule has 24 heavy (non-hydrogen) atoms. The van der Waals surface area contributed by atoms with E-state index in [9.17, 15) is 9.59 Å². The number of anilines is 1. The van der Waals surface area contributed by atoms with E-state index < -0.39 is 11.6 Å². The second-order valence-electron chi connectivity index (χ2n) is 6.58. The van der Waals surface area contributed by atoms with Crippen molar-refractivity contribution in [1.82, 2.24) is 5.32 Å². The van der Waals surface area contributed by atoms with Crippen LogP contribution in [0.5, 0.6) is 0 Å². The second-order valence-corrected chi connectivity index (χ2v) is 7.02. The number of halogens is 1. The van der Waals surface area contributed by atoms with Gasteiger partial charge in [-0.3, -0.25) is 4.79 Å². The SMILES string of the molecule is CCCC1=NO[C@@H]([C@@H]2C[C@@]23NC(=O)N(c2ccc(Cl)cc2)C3=O)C1. The van der Waals surface area contributed by atoms with Crippen LogP contribution in [-0.2, 0) is 9.63 Å². The summed E-state index contributed by atoms with van der Waals surface area (Å²) < 4.78 is 0. The van der Waals surface area contributed by atoms with Crippen LogP contribution in [-0.4, -0.2) is 29.3 Å². The summed E-state index contributed by atoms with van der Waals surface area (Å²) in [5, 5.41) is 7.54. The number of hydrogen-bond acceptors (Lipinski definition) is 4. The first-order chi connectivity index (χ1) is 11.5. The van der Waals surface area contributed by atoms with Crippen LogP contribution in [0.1, 0.15) is 32.6 Å². The fourth-order valence-corrected chi connectivity index (χ4v) is 3.77. The molecule has 6 nitrogen and oxygen atoms in total. The van der Waals surface area contributed by atoms with Gasteiger partial charge in [0.15, 0.2) is 0 Å². The Kier molecular flexibility index (Phi) is 3.53. The van der Waals surface area contributed by atoms with E-state index >= 15 is 0 Å². The Hall–Kier alpha value is -2.08. The minimum atomic E-state index is -0.835. The van der Waals surface area contributed by atoms with E-state index in [1.165, 1.54) is 4.90 Å². The smallest absolute Gasteiger partial charge is 0.329 e. The van der Waals surface area contributed by atoms with Crippen LogP contribution < -0.4 is 10.2 Å². The third-order valence-electron chi connectivity index (χ3n) is 4.96. The molecular formula is C17H18ClN3O3. The Balaban J connectivity index is 1.50. The van der Waals surface area contributed by atoms with Crippen LogP contribution in [0.25, 0.3) is 0 Å². The molecule has 4 rings (SSSR count). The van der Waals surface area contributed by atoms with Gasteiger partial charge < -0.3 is 10.2 Å². The van der Waals surface area contributed by atoms with E-state index in [1.807, 2.05) is 0 Å². The van der Waals surface area contributed by atoms with Crippen molar-refractivity contribution < 1.29 is 14.4 Å². The van der Waals surface area contributed by atoms with Crippen molar-refractivity contribution >= 4 is 34.9 Å². The number of carbonyl (C=O) groups excluding carboxylic acids is 2. The number of nitrogens with zero attached hydrogens (tertiary/aromatic N) is 2. The Morgan fingerprint density at radius 1 is 1.38 bits per heavy atom. The van der Waals surface area contributed by atoms with Crippen molar-refractivity contribution in [2.24, 2.45) is 11.1 Å². The van der Waals surface area contributed by atoms with Crippen LogP contribution in [0.2, 0.25) is 5.02 Å². The fraction of sp³-hybridized carbons (Fsp3) is 0.471. The molecule has 126 valence electrons. The molecule has 1 aromatic rings. The number of rotatable bonds is 4. The van der Waals surface area contributed by atoms with Crippen LogP contribution in [0.15, 0.2) is 29.4 Å². The van der Waals surface area contributed by atoms with E-state index in [2.05, 4.69) is 17.4 Å². The molecule has 2 aliphatic heterocycles. The zero-order chi connectivity index (χ0) is 16.9. The lowest BCUT2D eigenvalue weighted by molar-refractivity contribution is -0.120. The maximum atomic E-state index is 12.9. The molecule has 1 spiro atoms. The summed E-state index contributed by atoms with van der Waals surface area (Å²) in [4.78, 5) is 31.9. The van der Waals surface area contributed by atoms with Gasteiger partial charge in [-0.2, -0.15) is 0 Å². The highest BCUT2D eigenvalue weighted by Crippen LogP contribution is 2.52. The van der Waals surface area contributed by atoms with Crippen LogP contribution in [0, 0.1) is 5.92 Å². The number of amides is 3. The van der Waals surface area contributed by atoms with Gasteiger partial charge in [-0.25, -0.2) is 9.69 Å². The third kappa shape index (κ3) is 2.28. The quantitative estimate of drug-likeness (QED) is 0.851. The number of carbonyl (C=O) groups is 2. The molecule has 2 heterocycles. The zero-order valence-electron chi connectivity index (χ0n) is 13.3. The molecule has 7 heteroatoms. The monoisotopic (exact) mass is 347 g/mol. The molecule has 2 fully saturated rings. The van der Waals surface area contributed by atoms with Gasteiger partial charge in [-0.15, -0.1) is 0 Å². The third-order valence-corrected chi connectivity index (χ3v) is 5.21. The molecular weight excluding hydrogens is 330 g/mol. The fourth-order valence-electron chi connectivity index (χ4n) is 3.64. The van der Waals surface area contributed by atoms with Crippen molar-refractivity contribution in [2.75, 3.05) is 4.90 Å². The van der Waals surface area contributed by atoms with E-state index in [0.717, 1.165) is 25.0 Å². The number of nitrogens with one attached hydrogen (secondary N) is 1. The maximum absolute atomic E-state index is 12.9. The highest BCUT2D eigenvalue weighted by atomic mass is 35.5. The molecule has 1 N–H and O–H groups in total. The number of urea groups is 1. The molecule has 1 aliphatic carbocycles. The average Bonchev–Trinajstić information content (AvgIpc) is 2.98. The number of hydrogen-bond donors (Lipinski definition) is 1. The van der Waals surface area contributed by atoms with Crippen LogP contribution >= 0.6 is 11.6 Å². The molecule has 0 bridgehead atoms. The molecule has 3 atom stereocenters. The van der Waals surface area contributed by atoms with Crippen LogP contribution in [0.3, 0.4) is 0 Å². The number of imide groups is 1. The molecule has 1 aromatic carbocycles. The highest BCUT2D eigenvalue weighted by molar-refractivity contribution is 6.31. The lowest BCUT2D eigenvalue weighted by Crippen LogP contribution is -2.37. The molecule has 0 radical (unpaired) electrons. The lowest BCUT2D eigenvalue weighted by atomic mass is 10.0. The Morgan fingerprint density at radius 2 is 2.12 bits per heavy atom. The van der Waals surface area contributed by atoms with Gasteiger partial charge >= 0.3 is 6.03 Å². The first-order valence-corrected chi connectivity index (χ1v) is 8.57.